The minimum atomic E-state index is 0.678. The summed E-state index contributed by atoms with van der Waals surface area (Å²) < 4.78 is 1.73. The summed E-state index contributed by atoms with van der Waals surface area (Å²) in [6.45, 7) is 0. The third kappa shape index (κ3) is 1.76. The van der Waals surface area contributed by atoms with Crippen molar-refractivity contribution in [1.29, 1.82) is 0 Å². The van der Waals surface area contributed by atoms with E-state index in [9.17, 15) is 0 Å². The van der Waals surface area contributed by atoms with Crippen molar-refractivity contribution in [3.05, 3.63) is 41.7 Å². The quantitative estimate of drug-likeness (QED) is 0.661. The molecule has 0 fully saturated rings. The van der Waals surface area contributed by atoms with E-state index in [0.29, 0.717) is 10.8 Å². The summed E-state index contributed by atoms with van der Waals surface area (Å²) in [6.07, 6.45) is 3.53. The zero-order chi connectivity index (χ0) is 11.8. The molecule has 0 spiro atoms. The summed E-state index contributed by atoms with van der Waals surface area (Å²) in [5, 5.41) is 5.78. The molecule has 0 aliphatic rings. The van der Waals surface area contributed by atoms with Crippen LogP contribution in [0.5, 0.6) is 0 Å². The Morgan fingerprint density at radius 3 is 2.65 bits per heavy atom. The average molecular weight is 245 g/mol. The first-order valence-electron chi connectivity index (χ1n) is 5.15. The van der Waals surface area contributed by atoms with Crippen LogP contribution in [0, 0.1) is 0 Å². The number of hydrogen-bond donors (Lipinski definition) is 0. The summed E-state index contributed by atoms with van der Waals surface area (Å²) in [5.74, 6) is 0.678. The summed E-state index contributed by atoms with van der Waals surface area (Å²) in [5.41, 5.74) is 1.77. The molecule has 0 bridgehead atoms. The van der Waals surface area contributed by atoms with E-state index >= 15 is 0 Å². The molecule has 17 heavy (non-hydrogen) atoms. The zero-order valence-electron chi connectivity index (χ0n) is 9.13. The van der Waals surface area contributed by atoms with Gasteiger partial charge >= 0.3 is 0 Å². The first-order chi connectivity index (χ1) is 8.24. The molecule has 0 aliphatic heterocycles. The fourth-order valence-electron chi connectivity index (χ4n) is 1.67. The Morgan fingerprint density at radius 2 is 1.88 bits per heavy atom. The second-order valence-electron chi connectivity index (χ2n) is 3.75. The van der Waals surface area contributed by atoms with Crippen molar-refractivity contribution in [1.82, 2.24) is 19.7 Å². The monoisotopic (exact) mass is 244 g/mol. The highest BCUT2D eigenvalue weighted by molar-refractivity contribution is 6.30. The molecule has 0 atom stereocenters. The second kappa shape index (κ2) is 3.82. The Morgan fingerprint density at radius 1 is 1.12 bits per heavy atom. The van der Waals surface area contributed by atoms with Gasteiger partial charge in [-0.1, -0.05) is 11.6 Å². The Kier molecular flexibility index (Phi) is 2.30. The lowest BCUT2D eigenvalue weighted by atomic mass is 10.2. The molecule has 3 rings (SSSR count). The van der Waals surface area contributed by atoms with Crippen molar-refractivity contribution in [3.63, 3.8) is 0 Å². The summed E-state index contributed by atoms with van der Waals surface area (Å²) in [7, 11) is 1.86. The molecule has 84 valence electrons. The highest BCUT2D eigenvalue weighted by Gasteiger charge is 2.05. The first kappa shape index (κ1) is 10.2. The number of fused-ring (bicyclic) bond motifs is 1. The van der Waals surface area contributed by atoms with Gasteiger partial charge < -0.3 is 0 Å². The second-order valence-corrected chi connectivity index (χ2v) is 4.18. The molecule has 0 saturated heterocycles. The van der Waals surface area contributed by atoms with Crippen LogP contribution in [0.4, 0.5) is 0 Å². The highest BCUT2D eigenvalue weighted by Crippen LogP contribution is 2.19. The van der Waals surface area contributed by atoms with E-state index in [1.54, 1.807) is 17.1 Å². The van der Waals surface area contributed by atoms with Crippen LogP contribution in [-0.4, -0.2) is 19.7 Å². The minimum Gasteiger partial charge on any atom is -0.250 e. The molecule has 5 heteroatoms. The SMILES string of the molecule is Cn1ncc2cnc(-c3ccc(Cl)cc3)nc21. The average Bonchev–Trinajstić information content (AvgIpc) is 2.72. The normalized spacial score (nSPS) is 10.9. The van der Waals surface area contributed by atoms with Crippen LogP contribution in [0.2, 0.25) is 5.02 Å². The molecule has 3 aromatic rings. The lowest BCUT2D eigenvalue weighted by molar-refractivity contribution is 0.786. The van der Waals surface area contributed by atoms with Gasteiger partial charge in [0, 0.05) is 23.8 Å². The molecule has 0 amide bonds. The number of aromatic nitrogens is 4. The van der Waals surface area contributed by atoms with Crippen LogP contribution < -0.4 is 0 Å². The number of rotatable bonds is 1. The van der Waals surface area contributed by atoms with Crippen LogP contribution in [0.1, 0.15) is 0 Å². The lowest BCUT2D eigenvalue weighted by Gasteiger charge is -2.00. The van der Waals surface area contributed by atoms with Crippen molar-refractivity contribution in [3.8, 4) is 11.4 Å². The Balaban J connectivity index is 2.17. The van der Waals surface area contributed by atoms with Gasteiger partial charge in [0.1, 0.15) is 0 Å². The van der Waals surface area contributed by atoms with Gasteiger partial charge in [0.2, 0.25) is 0 Å². The van der Waals surface area contributed by atoms with Gasteiger partial charge in [-0.15, -0.1) is 0 Å². The van der Waals surface area contributed by atoms with Crippen LogP contribution >= 0.6 is 11.6 Å². The Hall–Kier alpha value is -1.94. The predicted octanol–water partition coefficient (Wildman–Crippen LogP) is 2.68. The molecular weight excluding hydrogens is 236 g/mol. The third-order valence-corrected chi connectivity index (χ3v) is 2.83. The molecule has 0 N–H and O–H groups in total. The Bertz CT molecular complexity index is 673. The van der Waals surface area contributed by atoms with Crippen molar-refractivity contribution in [2.24, 2.45) is 7.05 Å². The molecule has 1 aromatic carbocycles. The third-order valence-electron chi connectivity index (χ3n) is 2.57. The van der Waals surface area contributed by atoms with Gasteiger partial charge in [-0.05, 0) is 24.3 Å². The van der Waals surface area contributed by atoms with Gasteiger partial charge in [-0.2, -0.15) is 5.10 Å². The van der Waals surface area contributed by atoms with Crippen molar-refractivity contribution >= 4 is 22.6 Å². The summed E-state index contributed by atoms with van der Waals surface area (Å²) in [4.78, 5) is 8.79. The molecule has 4 nitrogen and oxygen atoms in total. The van der Waals surface area contributed by atoms with E-state index in [0.717, 1.165) is 16.6 Å². The number of hydrogen-bond acceptors (Lipinski definition) is 3. The molecule has 0 aliphatic carbocycles. The largest absolute Gasteiger partial charge is 0.250 e. The fourth-order valence-corrected chi connectivity index (χ4v) is 1.80. The topological polar surface area (TPSA) is 43.6 Å². The first-order valence-corrected chi connectivity index (χ1v) is 5.52. The Labute approximate surface area is 103 Å². The fraction of sp³-hybridized carbons (Fsp3) is 0.0833. The van der Waals surface area contributed by atoms with E-state index in [1.807, 2.05) is 31.3 Å². The number of benzene rings is 1. The number of halogens is 1. The minimum absolute atomic E-state index is 0.678. The summed E-state index contributed by atoms with van der Waals surface area (Å²) >= 11 is 5.85. The van der Waals surface area contributed by atoms with Gasteiger partial charge in [0.05, 0.1) is 11.6 Å². The maximum atomic E-state index is 5.85. The van der Waals surface area contributed by atoms with Gasteiger partial charge in [0.15, 0.2) is 11.5 Å². The molecular formula is C12H9ClN4. The standard InChI is InChI=1S/C12H9ClN4/c1-17-12-9(7-15-17)6-14-11(16-12)8-2-4-10(13)5-3-8/h2-7H,1H3. The van der Waals surface area contributed by atoms with E-state index in [-0.39, 0.29) is 0 Å². The van der Waals surface area contributed by atoms with E-state index in [2.05, 4.69) is 15.1 Å². The number of nitrogens with zero attached hydrogens (tertiary/aromatic N) is 4. The van der Waals surface area contributed by atoms with E-state index in [4.69, 9.17) is 11.6 Å². The van der Waals surface area contributed by atoms with Crippen LogP contribution in [0.15, 0.2) is 36.7 Å². The molecule has 2 aromatic heterocycles. The van der Waals surface area contributed by atoms with Crippen LogP contribution in [0.3, 0.4) is 0 Å². The zero-order valence-corrected chi connectivity index (χ0v) is 9.89. The van der Waals surface area contributed by atoms with E-state index in [1.165, 1.54) is 0 Å². The highest BCUT2D eigenvalue weighted by atomic mass is 35.5. The van der Waals surface area contributed by atoms with Crippen molar-refractivity contribution < 1.29 is 0 Å². The lowest BCUT2D eigenvalue weighted by Crippen LogP contribution is -1.94. The molecule has 0 unspecified atom stereocenters. The molecule has 2 heterocycles. The van der Waals surface area contributed by atoms with Gasteiger partial charge in [-0.25, -0.2) is 9.97 Å². The molecule has 0 radical (unpaired) electrons. The number of aryl methyl sites for hydroxylation is 1. The van der Waals surface area contributed by atoms with Crippen molar-refractivity contribution in [2.45, 2.75) is 0 Å². The summed E-state index contributed by atoms with van der Waals surface area (Å²) in [6, 6.07) is 7.46. The van der Waals surface area contributed by atoms with Gasteiger partial charge in [0.25, 0.3) is 0 Å². The molecule has 0 saturated carbocycles. The van der Waals surface area contributed by atoms with Crippen LogP contribution in [0.25, 0.3) is 22.4 Å². The van der Waals surface area contributed by atoms with E-state index < -0.39 is 0 Å². The maximum Gasteiger partial charge on any atom is 0.161 e. The predicted molar refractivity (Wildman–Crippen MR) is 66.8 cm³/mol. The smallest absolute Gasteiger partial charge is 0.161 e. The van der Waals surface area contributed by atoms with Crippen molar-refractivity contribution in [2.75, 3.05) is 0 Å². The van der Waals surface area contributed by atoms with Gasteiger partial charge in [-0.3, -0.25) is 4.68 Å². The van der Waals surface area contributed by atoms with Crippen LogP contribution in [-0.2, 0) is 7.05 Å². The maximum absolute atomic E-state index is 5.85.